The third-order valence-corrected chi connectivity index (χ3v) is 2.76. The summed E-state index contributed by atoms with van der Waals surface area (Å²) in [6, 6.07) is 4.80. The molecule has 1 rings (SSSR count). The number of likely N-dealkylation sites (N-methyl/N-ethyl adjacent to an activating group) is 1. The summed E-state index contributed by atoms with van der Waals surface area (Å²) in [4.78, 5) is 26.7. The van der Waals surface area contributed by atoms with Crippen LogP contribution in [0.2, 0.25) is 0 Å². The monoisotopic (exact) mass is 278 g/mol. The Morgan fingerprint density at radius 3 is 2.85 bits per heavy atom. The zero-order valence-electron chi connectivity index (χ0n) is 11.4. The third kappa shape index (κ3) is 3.41. The number of nitrogens with zero attached hydrogens (tertiary/aromatic N) is 4. The van der Waals surface area contributed by atoms with Gasteiger partial charge in [-0.15, -0.1) is 0 Å². The van der Waals surface area contributed by atoms with Crippen LogP contribution in [-0.4, -0.2) is 39.9 Å². The standard InChI is InChI=1S/C12H14N4O4/c1-12(2,8-13)15(3)10(17)7-20-9-5-4-6-14-11(9)16(18)19/h4-6H,7H2,1-3H3. The molecule has 0 saturated heterocycles. The molecule has 0 aliphatic heterocycles. The summed E-state index contributed by atoms with van der Waals surface area (Å²) in [6.07, 6.45) is 1.26. The third-order valence-electron chi connectivity index (χ3n) is 2.76. The van der Waals surface area contributed by atoms with Crippen molar-refractivity contribution in [2.75, 3.05) is 13.7 Å². The largest absolute Gasteiger partial charge is 0.476 e. The number of hydrogen-bond donors (Lipinski definition) is 0. The van der Waals surface area contributed by atoms with Gasteiger partial charge in [0.15, 0.2) is 6.61 Å². The van der Waals surface area contributed by atoms with Crippen molar-refractivity contribution in [2.45, 2.75) is 19.4 Å². The van der Waals surface area contributed by atoms with Crippen LogP contribution in [0.1, 0.15) is 13.8 Å². The highest BCUT2D eigenvalue weighted by molar-refractivity contribution is 5.78. The first kappa shape index (κ1) is 15.4. The van der Waals surface area contributed by atoms with Crippen LogP contribution < -0.4 is 4.74 Å². The van der Waals surface area contributed by atoms with Gasteiger partial charge in [0.1, 0.15) is 11.7 Å². The topological polar surface area (TPSA) is 109 Å². The first-order chi connectivity index (χ1) is 9.29. The van der Waals surface area contributed by atoms with E-state index in [9.17, 15) is 14.9 Å². The highest BCUT2D eigenvalue weighted by atomic mass is 16.6. The van der Waals surface area contributed by atoms with E-state index in [1.165, 1.54) is 30.3 Å². The van der Waals surface area contributed by atoms with E-state index >= 15 is 0 Å². The summed E-state index contributed by atoms with van der Waals surface area (Å²) in [5.74, 6) is -1.01. The van der Waals surface area contributed by atoms with Gasteiger partial charge < -0.3 is 19.8 Å². The quantitative estimate of drug-likeness (QED) is 0.589. The number of carbonyl (C=O) groups is 1. The number of rotatable bonds is 5. The summed E-state index contributed by atoms with van der Waals surface area (Å²) in [5.41, 5.74) is -0.985. The van der Waals surface area contributed by atoms with E-state index in [4.69, 9.17) is 10.00 Å². The lowest BCUT2D eigenvalue weighted by atomic mass is 10.1. The first-order valence-electron chi connectivity index (χ1n) is 5.69. The molecule has 106 valence electrons. The molecule has 0 aromatic carbocycles. The van der Waals surface area contributed by atoms with Crippen molar-refractivity contribution >= 4 is 11.7 Å². The van der Waals surface area contributed by atoms with Gasteiger partial charge in [0.25, 0.3) is 5.91 Å². The van der Waals surface area contributed by atoms with Gasteiger partial charge in [-0.3, -0.25) is 4.79 Å². The average Bonchev–Trinajstić information content (AvgIpc) is 2.43. The number of aromatic nitrogens is 1. The molecule has 0 N–H and O–H groups in total. The van der Waals surface area contributed by atoms with E-state index in [2.05, 4.69) is 4.98 Å². The first-order valence-corrected chi connectivity index (χ1v) is 5.69. The second-order valence-electron chi connectivity index (χ2n) is 4.49. The Labute approximate surface area is 115 Å². The fourth-order valence-electron chi connectivity index (χ4n) is 1.26. The van der Waals surface area contributed by atoms with Gasteiger partial charge in [-0.25, -0.2) is 0 Å². The van der Waals surface area contributed by atoms with E-state index in [-0.39, 0.29) is 5.75 Å². The molecule has 1 aromatic rings. The van der Waals surface area contributed by atoms with E-state index in [1.807, 2.05) is 6.07 Å². The van der Waals surface area contributed by atoms with Crippen molar-refractivity contribution in [2.24, 2.45) is 0 Å². The Morgan fingerprint density at radius 2 is 2.30 bits per heavy atom. The molecule has 0 bridgehead atoms. The molecule has 0 fully saturated rings. The summed E-state index contributed by atoms with van der Waals surface area (Å²) < 4.78 is 5.12. The Balaban J connectivity index is 2.76. The number of hydrogen-bond acceptors (Lipinski definition) is 6. The highest BCUT2D eigenvalue weighted by Gasteiger charge is 2.28. The van der Waals surface area contributed by atoms with Crippen LogP contribution in [0.5, 0.6) is 5.75 Å². The molecular formula is C12H14N4O4. The molecule has 0 aliphatic carbocycles. The summed E-state index contributed by atoms with van der Waals surface area (Å²) in [5, 5.41) is 19.7. The van der Waals surface area contributed by atoms with E-state index in [0.717, 1.165) is 0 Å². The van der Waals surface area contributed by atoms with Crippen LogP contribution in [0.25, 0.3) is 0 Å². The second-order valence-corrected chi connectivity index (χ2v) is 4.49. The number of ether oxygens (including phenoxy) is 1. The lowest BCUT2D eigenvalue weighted by Gasteiger charge is -2.28. The van der Waals surface area contributed by atoms with Gasteiger partial charge in [0.05, 0.1) is 6.07 Å². The normalized spacial score (nSPS) is 10.5. The molecule has 1 aromatic heterocycles. The van der Waals surface area contributed by atoms with Gasteiger partial charge >= 0.3 is 5.82 Å². The predicted molar refractivity (Wildman–Crippen MR) is 68.8 cm³/mol. The summed E-state index contributed by atoms with van der Waals surface area (Å²) >= 11 is 0. The molecule has 1 amide bonds. The molecular weight excluding hydrogens is 264 g/mol. The van der Waals surface area contributed by atoms with Crippen molar-refractivity contribution in [1.82, 2.24) is 9.88 Å². The fraction of sp³-hybridized carbons (Fsp3) is 0.417. The number of amides is 1. The fourth-order valence-corrected chi connectivity index (χ4v) is 1.26. The van der Waals surface area contributed by atoms with Gasteiger partial charge in [-0.05, 0) is 35.9 Å². The minimum atomic E-state index is -0.985. The molecule has 20 heavy (non-hydrogen) atoms. The molecule has 0 spiro atoms. The van der Waals surface area contributed by atoms with Crippen LogP contribution in [0, 0.1) is 21.4 Å². The SMILES string of the molecule is CN(C(=O)COc1cccnc1[N+](=O)[O-])C(C)(C)C#N. The lowest BCUT2D eigenvalue weighted by molar-refractivity contribution is -0.390. The average molecular weight is 278 g/mol. The van der Waals surface area contributed by atoms with Crippen molar-refractivity contribution < 1.29 is 14.5 Å². The number of pyridine rings is 1. The summed E-state index contributed by atoms with van der Waals surface area (Å²) in [6.45, 7) is 2.75. The maximum absolute atomic E-state index is 11.9. The molecule has 0 radical (unpaired) electrons. The number of nitriles is 1. The van der Waals surface area contributed by atoms with Crippen molar-refractivity contribution in [3.8, 4) is 11.8 Å². The molecule has 8 heteroatoms. The van der Waals surface area contributed by atoms with Gasteiger partial charge in [-0.1, -0.05) is 0 Å². The zero-order chi connectivity index (χ0) is 15.3. The maximum atomic E-state index is 11.9. The molecule has 0 aliphatic rings. The minimum Gasteiger partial charge on any atom is -0.476 e. The van der Waals surface area contributed by atoms with Crippen LogP contribution in [0.4, 0.5) is 5.82 Å². The van der Waals surface area contributed by atoms with Crippen LogP contribution >= 0.6 is 0 Å². The van der Waals surface area contributed by atoms with Gasteiger partial charge in [0, 0.05) is 7.05 Å². The minimum absolute atomic E-state index is 0.0889. The Hall–Kier alpha value is -2.69. The Kier molecular flexibility index (Phi) is 4.59. The van der Waals surface area contributed by atoms with Crippen molar-refractivity contribution in [3.05, 3.63) is 28.4 Å². The molecule has 0 atom stereocenters. The van der Waals surface area contributed by atoms with Crippen LogP contribution in [-0.2, 0) is 4.79 Å². The zero-order valence-corrected chi connectivity index (χ0v) is 11.4. The van der Waals surface area contributed by atoms with E-state index < -0.39 is 28.8 Å². The smallest absolute Gasteiger partial charge is 0.406 e. The molecule has 0 unspecified atom stereocenters. The number of nitro groups is 1. The number of carbonyl (C=O) groups excluding carboxylic acids is 1. The Bertz CT molecular complexity index is 565. The van der Waals surface area contributed by atoms with E-state index in [1.54, 1.807) is 13.8 Å². The van der Waals surface area contributed by atoms with Crippen molar-refractivity contribution in [1.29, 1.82) is 5.26 Å². The summed E-state index contributed by atoms with van der Waals surface area (Å²) in [7, 11) is 1.46. The second kappa shape index (κ2) is 5.97. The van der Waals surface area contributed by atoms with Crippen LogP contribution in [0.3, 0.4) is 0 Å². The molecule has 8 nitrogen and oxygen atoms in total. The highest BCUT2D eigenvalue weighted by Crippen LogP contribution is 2.23. The van der Waals surface area contributed by atoms with E-state index in [0.29, 0.717) is 0 Å². The molecule has 0 saturated carbocycles. The maximum Gasteiger partial charge on any atom is 0.406 e. The van der Waals surface area contributed by atoms with Gasteiger partial charge in [-0.2, -0.15) is 5.26 Å². The predicted octanol–water partition coefficient (Wildman–Crippen LogP) is 1.13. The van der Waals surface area contributed by atoms with Crippen molar-refractivity contribution in [3.63, 3.8) is 0 Å². The van der Waals surface area contributed by atoms with Gasteiger partial charge in [0.2, 0.25) is 5.75 Å². The van der Waals surface area contributed by atoms with Crippen LogP contribution in [0.15, 0.2) is 18.3 Å². The molecule has 1 heterocycles. The lowest BCUT2D eigenvalue weighted by Crippen LogP contribution is -2.45. The Morgan fingerprint density at radius 1 is 1.65 bits per heavy atom.